The molecular weight excluding hydrogens is 220 g/mol. The smallest absolute Gasteiger partial charge is 0.0428 e. The first kappa shape index (κ1) is 13.4. The van der Waals surface area contributed by atoms with Crippen LogP contribution in [0.5, 0.6) is 0 Å². The minimum Gasteiger partial charge on any atom is -0.369 e. The van der Waals surface area contributed by atoms with E-state index in [1.165, 1.54) is 29.8 Å². The average molecular weight is 246 g/mol. The van der Waals surface area contributed by atoms with E-state index >= 15 is 0 Å². The van der Waals surface area contributed by atoms with E-state index in [0.717, 1.165) is 13.0 Å². The summed E-state index contributed by atoms with van der Waals surface area (Å²) in [7, 11) is 0. The van der Waals surface area contributed by atoms with Gasteiger partial charge < -0.3 is 10.2 Å². The molecule has 0 aromatic heterocycles. The van der Waals surface area contributed by atoms with Crippen molar-refractivity contribution in [2.24, 2.45) is 0 Å². The monoisotopic (exact) mass is 246 g/mol. The van der Waals surface area contributed by atoms with Gasteiger partial charge in [-0.3, -0.25) is 0 Å². The summed E-state index contributed by atoms with van der Waals surface area (Å²) in [4.78, 5) is 2.56. The van der Waals surface area contributed by atoms with E-state index < -0.39 is 0 Å². The molecule has 1 heterocycles. The molecule has 0 bridgehead atoms. The first-order chi connectivity index (χ1) is 8.61. The third kappa shape index (κ3) is 2.86. The molecule has 0 aliphatic carbocycles. The lowest BCUT2D eigenvalue weighted by Crippen LogP contribution is -2.37. The van der Waals surface area contributed by atoms with Gasteiger partial charge in [-0.05, 0) is 30.9 Å². The molecule has 1 aliphatic heterocycles. The molecule has 0 saturated carbocycles. The number of para-hydroxylation sites is 1. The van der Waals surface area contributed by atoms with Crippen LogP contribution in [0.4, 0.5) is 5.69 Å². The molecular formula is C16H26N2. The zero-order valence-electron chi connectivity index (χ0n) is 12.2. The number of aryl methyl sites for hydroxylation is 2. The number of nitrogens with one attached hydrogen (secondary N) is 1. The van der Waals surface area contributed by atoms with E-state index in [1.807, 2.05) is 0 Å². The van der Waals surface area contributed by atoms with Gasteiger partial charge >= 0.3 is 0 Å². The highest BCUT2D eigenvalue weighted by molar-refractivity contribution is 5.60. The number of hydrogen-bond acceptors (Lipinski definition) is 2. The second kappa shape index (κ2) is 5.75. The van der Waals surface area contributed by atoms with Crippen LogP contribution in [-0.4, -0.2) is 25.2 Å². The predicted octanol–water partition coefficient (Wildman–Crippen LogP) is 3.13. The molecule has 2 heteroatoms. The first-order valence-electron chi connectivity index (χ1n) is 7.21. The highest BCUT2D eigenvalue weighted by atomic mass is 15.2. The number of rotatable bonds is 4. The van der Waals surface area contributed by atoms with Crippen molar-refractivity contribution in [1.82, 2.24) is 5.32 Å². The summed E-state index contributed by atoms with van der Waals surface area (Å²) in [5.74, 6) is 0. The maximum atomic E-state index is 3.66. The summed E-state index contributed by atoms with van der Waals surface area (Å²) in [5, 5.41) is 3.66. The Morgan fingerprint density at radius 3 is 2.83 bits per heavy atom. The summed E-state index contributed by atoms with van der Waals surface area (Å²) in [6.07, 6.45) is 2.38. The zero-order valence-corrected chi connectivity index (χ0v) is 12.2. The van der Waals surface area contributed by atoms with Crippen LogP contribution in [0, 0.1) is 6.92 Å². The quantitative estimate of drug-likeness (QED) is 0.878. The normalized spacial score (nSPS) is 19.8. The SMILES string of the molecule is CCc1cccc(C)c1N1CCC(NC(C)C)C1. The molecule has 2 rings (SSSR count). The Bertz CT molecular complexity index is 398. The van der Waals surface area contributed by atoms with Crippen molar-refractivity contribution in [3.05, 3.63) is 29.3 Å². The fourth-order valence-corrected chi connectivity index (χ4v) is 3.03. The molecule has 0 spiro atoms. The minimum atomic E-state index is 0.581. The molecule has 1 unspecified atom stereocenters. The molecule has 0 amide bonds. The summed E-state index contributed by atoms with van der Waals surface area (Å²) >= 11 is 0. The van der Waals surface area contributed by atoms with Gasteiger partial charge in [0.15, 0.2) is 0 Å². The standard InChI is InChI=1S/C16H26N2/c1-5-14-8-6-7-13(4)16(14)18-10-9-15(11-18)17-12(2)3/h6-8,12,15,17H,5,9-11H2,1-4H3. The van der Waals surface area contributed by atoms with Crippen molar-refractivity contribution in [3.8, 4) is 0 Å². The van der Waals surface area contributed by atoms with E-state index in [0.29, 0.717) is 12.1 Å². The Labute approximate surface area is 111 Å². The van der Waals surface area contributed by atoms with Crippen LogP contribution in [0.2, 0.25) is 0 Å². The molecule has 0 radical (unpaired) electrons. The van der Waals surface area contributed by atoms with Crippen LogP contribution in [0.25, 0.3) is 0 Å². The van der Waals surface area contributed by atoms with E-state index in [9.17, 15) is 0 Å². The fourth-order valence-electron chi connectivity index (χ4n) is 3.03. The zero-order chi connectivity index (χ0) is 13.1. The van der Waals surface area contributed by atoms with Gasteiger partial charge in [0.1, 0.15) is 0 Å². The van der Waals surface area contributed by atoms with Crippen molar-refractivity contribution in [3.63, 3.8) is 0 Å². The Morgan fingerprint density at radius 2 is 2.17 bits per heavy atom. The Kier molecular flexibility index (Phi) is 4.28. The Balaban J connectivity index is 2.14. The first-order valence-corrected chi connectivity index (χ1v) is 7.21. The number of benzene rings is 1. The van der Waals surface area contributed by atoms with Gasteiger partial charge in [-0.15, -0.1) is 0 Å². The lowest BCUT2D eigenvalue weighted by atomic mass is 10.0. The minimum absolute atomic E-state index is 0.581. The van der Waals surface area contributed by atoms with Crippen LogP contribution in [-0.2, 0) is 6.42 Å². The van der Waals surface area contributed by atoms with Crippen LogP contribution >= 0.6 is 0 Å². The largest absolute Gasteiger partial charge is 0.369 e. The van der Waals surface area contributed by atoms with E-state index in [-0.39, 0.29) is 0 Å². The van der Waals surface area contributed by atoms with E-state index in [4.69, 9.17) is 0 Å². The lowest BCUT2D eigenvalue weighted by Gasteiger charge is -2.24. The molecule has 1 saturated heterocycles. The van der Waals surface area contributed by atoms with Gasteiger partial charge in [0, 0.05) is 30.9 Å². The van der Waals surface area contributed by atoms with Crippen molar-refractivity contribution >= 4 is 5.69 Å². The van der Waals surface area contributed by atoms with Gasteiger partial charge in [0.05, 0.1) is 0 Å². The molecule has 1 aromatic rings. The maximum Gasteiger partial charge on any atom is 0.0428 e. The van der Waals surface area contributed by atoms with Gasteiger partial charge in [-0.25, -0.2) is 0 Å². The van der Waals surface area contributed by atoms with Crippen molar-refractivity contribution < 1.29 is 0 Å². The second-order valence-corrected chi connectivity index (χ2v) is 5.69. The molecule has 1 aliphatic rings. The molecule has 100 valence electrons. The fraction of sp³-hybridized carbons (Fsp3) is 0.625. The highest BCUT2D eigenvalue weighted by Gasteiger charge is 2.24. The lowest BCUT2D eigenvalue weighted by molar-refractivity contribution is 0.492. The summed E-state index contributed by atoms with van der Waals surface area (Å²) < 4.78 is 0. The third-order valence-corrected chi connectivity index (χ3v) is 3.78. The summed E-state index contributed by atoms with van der Waals surface area (Å²) in [5.41, 5.74) is 4.38. The van der Waals surface area contributed by atoms with Gasteiger partial charge in [-0.2, -0.15) is 0 Å². The summed E-state index contributed by atoms with van der Waals surface area (Å²) in [6, 6.07) is 7.91. The second-order valence-electron chi connectivity index (χ2n) is 5.69. The van der Waals surface area contributed by atoms with Crippen LogP contribution in [0.15, 0.2) is 18.2 Å². The highest BCUT2D eigenvalue weighted by Crippen LogP contribution is 2.28. The molecule has 1 N–H and O–H groups in total. The van der Waals surface area contributed by atoms with Crippen molar-refractivity contribution in [1.29, 1.82) is 0 Å². The number of nitrogens with zero attached hydrogens (tertiary/aromatic N) is 1. The molecule has 18 heavy (non-hydrogen) atoms. The Hall–Kier alpha value is -1.02. The number of anilines is 1. The third-order valence-electron chi connectivity index (χ3n) is 3.78. The molecule has 2 nitrogen and oxygen atoms in total. The van der Waals surface area contributed by atoms with E-state index in [1.54, 1.807) is 0 Å². The summed E-state index contributed by atoms with van der Waals surface area (Å²) in [6.45, 7) is 11.3. The van der Waals surface area contributed by atoms with Crippen molar-refractivity contribution in [2.45, 2.75) is 52.6 Å². The maximum absolute atomic E-state index is 3.66. The van der Waals surface area contributed by atoms with Crippen LogP contribution in [0.3, 0.4) is 0 Å². The van der Waals surface area contributed by atoms with Gasteiger partial charge in [0.2, 0.25) is 0 Å². The van der Waals surface area contributed by atoms with Gasteiger partial charge in [0.25, 0.3) is 0 Å². The molecule has 1 atom stereocenters. The topological polar surface area (TPSA) is 15.3 Å². The predicted molar refractivity (Wildman–Crippen MR) is 79.4 cm³/mol. The molecule has 1 aromatic carbocycles. The van der Waals surface area contributed by atoms with Gasteiger partial charge in [-0.1, -0.05) is 39.0 Å². The Morgan fingerprint density at radius 1 is 1.39 bits per heavy atom. The van der Waals surface area contributed by atoms with Crippen LogP contribution in [0.1, 0.15) is 38.3 Å². The van der Waals surface area contributed by atoms with E-state index in [2.05, 4.69) is 56.1 Å². The number of hydrogen-bond donors (Lipinski definition) is 1. The molecule has 1 fully saturated rings. The van der Waals surface area contributed by atoms with Crippen molar-refractivity contribution in [2.75, 3.05) is 18.0 Å². The average Bonchev–Trinajstić information content (AvgIpc) is 2.75. The van der Waals surface area contributed by atoms with Crippen LogP contribution < -0.4 is 10.2 Å².